The van der Waals surface area contributed by atoms with Crippen LogP contribution in [0.3, 0.4) is 0 Å². The molecule has 0 atom stereocenters. The van der Waals surface area contributed by atoms with Crippen LogP contribution in [0.2, 0.25) is 0 Å². The van der Waals surface area contributed by atoms with Gasteiger partial charge in [-0.15, -0.1) is 8.78 Å². The van der Waals surface area contributed by atoms with Crippen LogP contribution in [0.25, 0.3) is 0 Å². The van der Waals surface area contributed by atoms with Crippen molar-refractivity contribution in [2.45, 2.75) is 19.1 Å². The Bertz CT molecular complexity index is 658. The van der Waals surface area contributed by atoms with Gasteiger partial charge < -0.3 is 14.8 Å². The van der Waals surface area contributed by atoms with E-state index in [2.05, 4.69) is 14.8 Å². The summed E-state index contributed by atoms with van der Waals surface area (Å²) in [4.78, 5) is 11.8. The Balaban J connectivity index is 1.60. The molecule has 1 aliphatic rings. The van der Waals surface area contributed by atoms with Crippen molar-refractivity contribution in [3.63, 3.8) is 0 Å². The smallest absolute Gasteiger partial charge is 0.395 e. The summed E-state index contributed by atoms with van der Waals surface area (Å²) >= 11 is 1.58. The van der Waals surface area contributed by atoms with E-state index in [4.69, 9.17) is 0 Å². The average molecular weight is 311 g/mol. The molecule has 0 aliphatic carbocycles. The standard InChI is InChI=1S/C14H11F2NO3S/c15-14(16)19-11-3-2-10(7-12(11)20-14)17-13(18)4-1-9-5-6-21-8-9/h2-3,5-8H,1,4H2,(H,17,18). The van der Waals surface area contributed by atoms with Crippen molar-refractivity contribution in [3.8, 4) is 11.5 Å². The summed E-state index contributed by atoms with van der Waals surface area (Å²) in [5.41, 5.74) is 1.49. The summed E-state index contributed by atoms with van der Waals surface area (Å²) in [7, 11) is 0. The number of amides is 1. The number of carbonyl (C=O) groups is 1. The Morgan fingerprint density at radius 3 is 2.81 bits per heavy atom. The second-order valence-corrected chi connectivity index (χ2v) is 5.29. The number of alkyl halides is 2. The summed E-state index contributed by atoms with van der Waals surface area (Å²) in [5.74, 6) is -0.321. The minimum atomic E-state index is -3.65. The summed E-state index contributed by atoms with van der Waals surface area (Å²) in [6.45, 7) is 0. The van der Waals surface area contributed by atoms with Crippen LogP contribution in [0.1, 0.15) is 12.0 Å². The van der Waals surface area contributed by atoms with Crippen LogP contribution in [0.4, 0.5) is 14.5 Å². The second kappa shape index (κ2) is 5.33. The minimum Gasteiger partial charge on any atom is -0.395 e. The highest BCUT2D eigenvalue weighted by atomic mass is 32.1. The van der Waals surface area contributed by atoms with Crippen molar-refractivity contribution in [3.05, 3.63) is 40.6 Å². The van der Waals surface area contributed by atoms with Gasteiger partial charge in [-0.1, -0.05) is 0 Å². The van der Waals surface area contributed by atoms with Crippen LogP contribution in [-0.4, -0.2) is 12.2 Å². The highest BCUT2D eigenvalue weighted by Crippen LogP contribution is 2.42. The maximum Gasteiger partial charge on any atom is 0.586 e. The molecule has 4 nitrogen and oxygen atoms in total. The Hall–Kier alpha value is -2.15. The van der Waals surface area contributed by atoms with Crippen molar-refractivity contribution in [1.29, 1.82) is 0 Å². The van der Waals surface area contributed by atoms with Crippen molar-refractivity contribution in [2.75, 3.05) is 5.32 Å². The van der Waals surface area contributed by atoms with Gasteiger partial charge >= 0.3 is 6.29 Å². The fourth-order valence-electron chi connectivity index (χ4n) is 1.94. The van der Waals surface area contributed by atoms with Crippen molar-refractivity contribution in [1.82, 2.24) is 0 Å². The number of halogens is 2. The predicted octanol–water partition coefficient (Wildman–Crippen LogP) is 3.64. The molecule has 2 heterocycles. The number of benzene rings is 1. The third-order valence-corrected chi connectivity index (χ3v) is 3.64. The molecule has 1 aromatic heterocycles. The number of rotatable bonds is 4. The lowest BCUT2D eigenvalue weighted by atomic mass is 10.2. The molecule has 0 fully saturated rings. The van der Waals surface area contributed by atoms with E-state index in [1.165, 1.54) is 18.2 Å². The Labute approximate surface area is 123 Å². The number of anilines is 1. The summed E-state index contributed by atoms with van der Waals surface area (Å²) in [6, 6.07) is 6.11. The summed E-state index contributed by atoms with van der Waals surface area (Å²) < 4.78 is 34.4. The number of hydrogen-bond acceptors (Lipinski definition) is 4. The first-order chi connectivity index (χ1) is 10.0. The number of aryl methyl sites for hydroxylation is 1. The quantitative estimate of drug-likeness (QED) is 0.937. The summed E-state index contributed by atoms with van der Waals surface area (Å²) in [5, 5.41) is 6.58. The van der Waals surface area contributed by atoms with E-state index < -0.39 is 6.29 Å². The minimum absolute atomic E-state index is 0.0451. The van der Waals surface area contributed by atoms with E-state index in [0.717, 1.165) is 5.56 Å². The molecule has 1 N–H and O–H groups in total. The number of fused-ring (bicyclic) bond motifs is 1. The molecule has 110 valence electrons. The molecule has 21 heavy (non-hydrogen) atoms. The molecule has 0 spiro atoms. The highest BCUT2D eigenvalue weighted by Gasteiger charge is 2.43. The van der Waals surface area contributed by atoms with Crippen molar-refractivity contribution >= 4 is 22.9 Å². The molecule has 0 bridgehead atoms. The van der Waals surface area contributed by atoms with Crippen molar-refractivity contribution < 1.29 is 23.0 Å². The van der Waals surface area contributed by atoms with E-state index in [-0.39, 0.29) is 17.4 Å². The van der Waals surface area contributed by atoms with E-state index in [0.29, 0.717) is 18.5 Å². The van der Waals surface area contributed by atoms with Crippen LogP contribution >= 0.6 is 11.3 Å². The lowest BCUT2D eigenvalue weighted by Crippen LogP contribution is -2.25. The summed E-state index contributed by atoms with van der Waals surface area (Å²) in [6.07, 6.45) is -2.69. The van der Waals surface area contributed by atoms with Crippen LogP contribution < -0.4 is 14.8 Å². The molecule has 0 saturated carbocycles. The fraction of sp³-hybridized carbons (Fsp3) is 0.214. The van der Waals surface area contributed by atoms with Gasteiger partial charge in [0, 0.05) is 18.2 Å². The maximum atomic E-state index is 12.9. The molecular weight excluding hydrogens is 300 g/mol. The first-order valence-corrected chi connectivity index (χ1v) is 7.17. The fourth-order valence-corrected chi connectivity index (χ4v) is 2.65. The molecule has 0 saturated heterocycles. The second-order valence-electron chi connectivity index (χ2n) is 4.51. The normalized spacial score (nSPS) is 15.0. The largest absolute Gasteiger partial charge is 0.586 e. The third-order valence-electron chi connectivity index (χ3n) is 2.91. The zero-order valence-electron chi connectivity index (χ0n) is 10.8. The zero-order chi connectivity index (χ0) is 14.9. The first-order valence-electron chi connectivity index (χ1n) is 6.23. The number of hydrogen-bond donors (Lipinski definition) is 1. The monoisotopic (exact) mass is 311 g/mol. The van der Waals surface area contributed by atoms with E-state index in [9.17, 15) is 13.6 Å². The topological polar surface area (TPSA) is 47.6 Å². The first kappa shape index (κ1) is 13.8. The number of thiophene rings is 1. The molecule has 1 aromatic carbocycles. The number of nitrogens with one attached hydrogen (secondary N) is 1. The Morgan fingerprint density at radius 1 is 1.24 bits per heavy atom. The molecular formula is C14H11F2NO3S. The van der Waals surface area contributed by atoms with Gasteiger partial charge in [0.1, 0.15) is 0 Å². The van der Waals surface area contributed by atoms with Crippen LogP contribution in [0.15, 0.2) is 35.0 Å². The predicted molar refractivity (Wildman–Crippen MR) is 73.9 cm³/mol. The van der Waals surface area contributed by atoms with Gasteiger partial charge in [0.15, 0.2) is 11.5 Å². The van der Waals surface area contributed by atoms with Crippen molar-refractivity contribution in [2.24, 2.45) is 0 Å². The van der Waals surface area contributed by atoms with Gasteiger partial charge in [0.2, 0.25) is 5.91 Å². The molecule has 7 heteroatoms. The lowest BCUT2D eigenvalue weighted by molar-refractivity contribution is -0.286. The lowest BCUT2D eigenvalue weighted by Gasteiger charge is -2.05. The average Bonchev–Trinajstić information content (AvgIpc) is 3.01. The third kappa shape index (κ3) is 3.30. The number of ether oxygens (including phenoxy) is 2. The molecule has 0 radical (unpaired) electrons. The van der Waals surface area contributed by atoms with Crippen LogP contribution in [-0.2, 0) is 11.2 Å². The van der Waals surface area contributed by atoms with Gasteiger partial charge in [-0.2, -0.15) is 11.3 Å². The van der Waals surface area contributed by atoms with Crippen LogP contribution in [0, 0.1) is 0 Å². The van der Waals surface area contributed by atoms with Gasteiger partial charge in [0.25, 0.3) is 0 Å². The van der Waals surface area contributed by atoms with Gasteiger partial charge in [-0.05, 0) is 40.9 Å². The molecule has 0 unspecified atom stereocenters. The van der Waals surface area contributed by atoms with E-state index in [1.807, 2.05) is 16.8 Å². The highest BCUT2D eigenvalue weighted by molar-refractivity contribution is 7.07. The van der Waals surface area contributed by atoms with Crippen LogP contribution in [0.5, 0.6) is 11.5 Å². The molecule has 1 aliphatic heterocycles. The molecule has 2 aromatic rings. The maximum absolute atomic E-state index is 12.9. The Morgan fingerprint density at radius 2 is 2.05 bits per heavy atom. The SMILES string of the molecule is O=C(CCc1ccsc1)Nc1ccc2c(c1)OC(F)(F)O2. The molecule has 1 amide bonds. The van der Waals surface area contributed by atoms with Gasteiger partial charge in [-0.25, -0.2) is 0 Å². The molecule has 3 rings (SSSR count). The van der Waals surface area contributed by atoms with Gasteiger partial charge in [0.05, 0.1) is 0 Å². The van der Waals surface area contributed by atoms with E-state index in [1.54, 1.807) is 11.3 Å². The number of carbonyl (C=O) groups excluding carboxylic acids is 1. The zero-order valence-corrected chi connectivity index (χ0v) is 11.6. The Kier molecular flexibility index (Phi) is 3.50. The van der Waals surface area contributed by atoms with Gasteiger partial charge in [-0.3, -0.25) is 4.79 Å². The van der Waals surface area contributed by atoms with E-state index >= 15 is 0 Å².